The average Bonchev–Trinajstić information content (AvgIpc) is 3.10. The van der Waals surface area contributed by atoms with Crippen LogP contribution in [0.3, 0.4) is 0 Å². The van der Waals surface area contributed by atoms with Crippen LogP contribution in [0.25, 0.3) is 10.9 Å². The smallest absolute Gasteiger partial charge is 0.0651 e. The topological polar surface area (TPSA) is 48.0 Å². The van der Waals surface area contributed by atoms with Crippen LogP contribution in [0.15, 0.2) is 24.4 Å². The third kappa shape index (κ3) is 3.30. The molecule has 1 heterocycles. The van der Waals surface area contributed by atoms with E-state index in [4.69, 9.17) is 0 Å². The molecule has 1 fully saturated rings. The van der Waals surface area contributed by atoms with E-state index in [2.05, 4.69) is 34.7 Å². The Labute approximate surface area is 126 Å². The van der Waals surface area contributed by atoms with Gasteiger partial charge in [0.25, 0.3) is 0 Å². The molecular weight excluding hydrogens is 260 g/mol. The van der Waals surface area contributed by atoms with Gasteiger partial charge in [-0.25, -0.2) is 0 Å². The number of aliphatic hydroxyl groups is 1. The van der Waals surface area contributed by atoms with Gasteiger partial charge in [0.2, 0.25) is 0 Å². The predicted octanol–water partition coefficient (Wildman–Crippen LogP) is 3.17. The number of nitrogens with one attached hydrogen (secondary N) is 2. The first-order valence-electron chi connectivity index (χ1n) is 8.16. The number of benzene rings is 1. The Balaban J connectivity index is 1.73. The van der Waals surface area contributed by atoms with E-state index in [-0.39, 0.29) is 0 Å². The third-order valence-corrected chi connectivity index (χ3v) is 4.89. The van der Waals surface area contributed by atoms with Gasteiger partial charge in [-0.1, -0.05) is 18.9 Å². The molecule has 3 N–H and O–H groups in total. The highest BCUT2D eigenvalue weighted by molar-refractivity contribution is 5.83. The fourth-order valence-corrected chi connectivity index (χ4v) is 3.51. The summed E-state index contributed by atoms with van der Waals surface area (Å²) in [6.45, 7) is 0.997. The van der Waals surface area contributed by atoms with E-state index in [1.54, 1.807) is 0 Å². The summed E-state index contributed by atoms with van der Waals surface area (Å²) in [7, 11) is 1.99. The first-order valence-corrected chi connectivity index (χ1v) is 8.16. The lowest BCUT2D eigenvalue weighted by Gasteiger charge is -2.21. The van der Waals surface area contributed by atoms with E-state index in [1.807, 2.05) is 7.05 Å². The van der Waals surface area contributed by atoms with Gasteiger partial charge in [0.1, 0.15) is 0 Å². The zero-order valence-corrected chi connectivity index (χ0v) is 12.9. The number of aromatic amines is 1. The molecule has 0 radical (unpaired) electrons. The number of hydrogen-bond donors (Lipinski definition) is 3. The molecule has 0 saturated heterocycles. The fraction of sp³-hybridized carbons (Fsp3) is 0.556. The highest BCUT2D eigenvalue weighted by Crippen LogP contribution is 2.33. The lowest BCUT2D eigenvalue weighted by Crippen LogP contribution is -2.24. The van der Waals surface area contributed by atoms with E-state index in [1.165, 1.54) is 34.9 Å². The van der Waals surface area contributed by atoms with Gasteiger partial charge in [-0.2, -0.15) is 0 Å². The molecule has 3 rings (SSSR count). The number of fused-ring (bicyclic) bond motifs is 1. The molecule has 21 heavy (non-hydrogen) atoms. The number of aryl methyl sites for hydroxylation is 1. The van der Waals surface area contributed by atoms with Gasteiger partial charge < -0.3 is 15.4 Å². The molecule has 0 unspecified atom stereocenters. The quantitative estimate of drug-likeness (QED) is 0.764. The van der Waals surface area contributed by atoms with Crippen molar-refractivity contribution in [3.63, 3.8) is 0 Å². The first kappa shape index (κ1) is 14.6. The molecule has 0 spiro atoms. The van der Waals surface area contributed by atoms with Crippen LogP contribution in [0, 0.1) is 0 Å². The average molecular weight is 286 g/mol. The van der Waals surface area contributed by atoms with E-state index >= 15 is 0 Å². The van der Waals surface area contributed by atoms with E-state index in [9.17, 15) is 5.11 Å². The Bertz CT molecular complexity index is 596. The van der Waals surface area contributed by atoms with Crippen LogP contribution in [0.2, 0.25) is 0 Å². The van der Waals surface area contributed by atoms with E-state index in [0.717, 1.165) is 38.6 Å². The van der Waals surface area contributed by atoms with Gasteiger partial charge in [-0.05, 0) is 69.0 Å². The summed E-state index contributed by atoms with van der Waals surface area (Å²) < 4.78 is 0. The van der Waals surface area contributed by atoms with E-state index in [0.29, 0.717) is 0 Å². The molecule has 0 bridgehead atoms. The maximum absolute atomic E-state index is 10.5. The van der Waals surface area contributed by atoms with Crippen molar-refractivity contribution >= 4 is 10.9 Å². The molecule has 0 amide bonds. The van der Waals surface area contributed by atoms with Crippen LogP contribution in [-0.2, 0) is 12.8 Å². The highest BCUT2D eigenvalue weighted by Gasteiger charge is 2.30. The van der Waals surface area contributed by atoms with Crippen LogP contribution >= 0.6 is 0 Å². The van der Waals surface area contributed by atoms with Crippen LogP contribution in [0.4, 0.5) is 0 Å². The minimum atomic E-state index is -0.401. The van der Waals surface area contributed by atoms with Crippen molar-refractivity contribution in [3.8, 4) is 0 Å². The third-order valence-electron chi connectivity index (χ3n) is 4.89. The first-order chi connectivity index (χ1) is 10.2. The molecule has 1 aliphatic rings. The zero-order valence-electron chi connectivity index (χ0n) is 12.9. The minimum Gasteiger partial charge on any atom is -0.390 e. The van der Waals surface area contributed by atoms with Crippen LogP contribution < -0.4 is 5.32 Å². The van der Waals surface area contributed by atoms with Crippen molar-refractivity contribution in [2.75, 3.05) is 13.6 Å². The number of H-pyrrole nitrogens is 1. The maximum Gasteiger partial charge on any atom is 0.0651 e. The summed E-state index contributed by atoms with van der Waals surface area (Å²) in [5.74, 6) is 0. The summed E-state index contributed by atoms with van der Waals surface area (Å²) in [6, 6.07) is 6.67. The zero-order chi connectivity index (χ0) is 14.7. The van der Waals surface area contributed by atoms with Gasteiger partial charge in [0.05, 0.1) is 5.60 Å². The highest BCUT2D eigenvalue weighted by atomic mass is 16.3. The number of hydrogen-bond acceptors (Lipinski definition) is 2. The number of rotatable bonds is 6. The van der Waals surface area contributed by atoms with Crippen molar-refractivity contribution in [2.24, 2.45) is 0 Å². The standard InChI is InChI=1S/C18H26N2O/c1-19-11-7-15-13-20-17-5-4-14(12-16(15)17)6-10-18(21)8-2-3-9-18/h4-5,12-13,19-21H,2-3,6-11H2,1H3. The van der Waals surface area contributed by atoms with Crippen molar-refractivity contribution < 1.29 is 5.11 Å². The molecule has 3 heteroatoms. The Morgan fingerprint density at radius 1 is 1.24 bits per heavy atom. The molecule has 0 atom stereocenters. The Kier molecular flexibility index (Phi) is 4.32. The SMILES string of the molecule is CNCCc1c[nH]c2ccc(CCC3(O)CCCC3)cc12. The normalized spacial score (nSPS) is 17.6. The van der Waals surface area contributed by atoms with Crippen molar-refractivity contribution in [1.82, 2.24) is 10.3 Å². The minimum absolute atomic E-state index is 0.401. The predicted molar refractivity (Wildman–Crippen MR) is 87.7 cm³/mol. The van der Waals surface area contributed by atoms with Crippen molar-refractivity contribution in [1.29, 1.82) is 0 Å². The Morgan fingerprint density at radius 2 is 2.05 bits per heavy atom. The molecule has 1 aromatic heterocycles. The molecule has 0 aliphatic heterocycles. The van der Waals surface area contributed by atoms with Gasteiger partial charge in [-0.15, -0.1) is 0 Å². The lowest BCUT2D eigenvalue weighted by molar-refractivity contribution is 0.0391. The van der Waals surface area contributed by atoms with Gasteiger partial charge in [0.15, 0.2) is 0 Å². The summed E-state index contributed by atoms with van der Waals surface area (Å²) in [6.07, 6.45) is 9.36. The van der Waals surface area contributed by atoms with Gasteiger partial charge in [0, 0.05) is 17.1 Å². The molecule has 2 aromatic rings. The number of aromatic nitrogens is 1. The molecule has 1 aromatic carbocycles. The van der Waals surface area contributed by atoms with Crippen LogP contribution in [-0.4, -0.2) is 29.3 Å². The molecule has 3 nitrogen and oxygen atoms in total. The van der Waals surface area contributed by atoms with Gasteiger partial charge >= 0.3 is 0 Å². The van der Waals surface area contributed by atoms with Gasteiger partial charge in [-0.3, -0.25) is 0 Å². The molecular formula is C18H26N2O. The lowest BCUT2D eigenvalue weighted by atomic mass is 9.93. The Hall–Kier alpha value is -1.32. The van der Waals surface area contributed by atoms with Crippen molar-refractivity contribution in [3.05, 3.63) is 35.5 Å². The summed E-state index contributed by atoms with van der Waals surface area (Å²) in [4.78, 5) is 3.35. The Morgan fingerprint density at radius 3 is 2.81 bits per heavy atom. The largest absolute Gasteiger partial charge is 0.390 e. The summed E-state index contributed by atoms with van der Waals surface area (Å²) in [5, 5.41) is 15.0. The fourth-order valence-electron chi connectivity index (χ4n) is 3.51. The second-order valence-electron chi connectivity index (χ2n) is 6.48. The monoisotopic (exact) mass is 286 g/mol. The van der Waals surface area contributed by atoms with Crippen molar-refractivity contribution in [2.45, 2.75) is 50.5 Å². The summed E-state index contributed by atoms with van der Waals surface area (Å²) in [5.41, 5.74) is 3.53. The van der Waals surface area contributed by atoms with E-state index < -0.39 is 5.60 Å². The second-order valence-corrected chi connectivity index (χ2v) is 6.48. The molecule has 1 saturated carbocycles. The van der Waals surface area contributed by atoms with Crippen LogP contribution in [0.1, 0.15) is 43.2 Å². The maximum atomic E-state index is 10.5. The molecule has 114 valence electrons. The molecule has 1 aliphatic carbocycles. The summed E-state index contributed by atoms with van der Waals surface area (Å²) >= 11 is 0. The number of likely N-dealkylation sites (N-methyl/N-ethyl adjacent to an activating group) is 1. The van der Waals surface area contributed by atoms with Crippen LogP contribution in [0.5, 0.6) is 0 Å². The second kappa shape index (κ2) is 6.20.